The summed E-state index contributed by atoms with van der Waals surface area (Å²) in [5, 5.41) is 15.7. The molecule has 0 aliphatic carbocycles. The van der Waals surface area contributed by atoms with Gasteiger partial charge in [-0.05, 0) is 23.3 Å². The van der Waals surface area contributed by atoms with Gasteiger partial charge in [-0.3, -0.25) is 10.1 Å². The van der Waals surface area contributed by atoms with E-state index in [1.165, 1.54) is 4.31 Å². The molecule has 1 fully saturated rings. The van der Waals surface area contributed by atoms with Crippen molar-refractivity contribution >= 4 is 26.4 Å². The molecule has 2 heterocycles. The minimum atomic E-state index is -3.48. The van der Waals surface area contributed by atoms with Gasteiger partial charge in [-0.15, -0.1) is 0 Å². The fourth-order valence-corrected chi connectivity index (χ4v) is 4.75. The van der Waals surface area contributed by atoms with Crippen LogP contribution in [0.5, 0.6) is 0 Å². The van der Waals surface area contributed by atoms with Crippen LogP contribution in [0.25, 0.3) is 0 Å². The lowest BCUT2D eigenvalue weighted by molar-refractivity contribution is -0.380. The molecule has 0 spiro atoms. The highest BCUT2D eigenvalue weighted by Gasteiger charge is 2.25. The number of nitrogens with one attached hydrogen (secondary N) is 1. The lowest BCUT2D eigenvalue weighted by atomic mass is 10.2. The van der Waals surface area contributed by atoms with Crippen LogP contribution in [0.3, 0.4) is 0 Å². The smallest absolute Gasteiger partial charge is 0.324 e. The number of hydrogen-bond donors (Lipinski definition) is 1. The number of rotatable bonds is 7. The summed E-state index contributed by atoms with van der Waals surface area (Å²) in [5.41, 5.74) is 1.80. The highest BCUT2D eigenvalue weighted by molar-refractivity contribution is 7.89. The molecule has 1 aromatic carbocycles. The Labute approximate surface area is 155 Å². The molecular formula is C16H19N3O5S2. The summed E-state index contributed by atoms with van der Waals surface area (Å²) in [6, 6.07) is 8.32. The molecule has 0 unspecified atom stereocenters. The Morgan fingerprint density at radius 2 is 1.81 bits per heavy atom. The van der Waals surface area contributed by atoms with Crippen molar-refractivity contribution in [1.82, 2.24) is 9.62 Å². The first-order valence-corrected chi connectivity index (χ1v) is 10.4. The molecule has 1 aliphatic rings. The van der Waals surface area contributed by atoms with Gasteiger partial charge in [0.1, 0.15) is 0 Å². The maximum atomic E-state index is 12.6. The molecule has 140 valence electrons. The van der Waals surface area contributed by atoms with Gasteiger partial charge in [0.2, 0.25) is 10.0 Å². The predicted molar refractivity (Wildman–Crippen MR) is 97.5 cm³/mol. The second-order valence-electron chi connectivity index (χ2n) is 5.81. The second kappa shape index (κ2) is 8.23. The molecular weight excluding hydrogens is 378 g/mol. The molecule has 0 atom stereocenters. The molecule has 1 aliphatic heterocycles. The van der Waals surface area contributed by atoms with E-state index in [1.54, 1.807) is 35.7 Å². The molecule has 1 N–H and O–H groups in total. The molecule has 3 rings (SSSR count). The predicted octanol–water partition coefficient (Wildman–Crippen LogP) is 1.97. The zero-order valence-electron chi connectivity index (χ0n) is 14.0. The van der Waals surface area contributed by atoms with Crippen LogP contribution in [0, 0.1) is 10.1 Å². The third kappa shape index (κ3) is 4.46. The van der Waals surface area contributed by atoms with Crippen molar-refractivity contribution in [2.75, 3.05) is 26.3 Å². The van der Waals surface area contributed by atoms with Gasteiger partial charge in [-0.25, -0.2) is 8.42 Å². The van der Waals surface area contributed by atoms with Gasteiger partial charge >= 0.3 is 5.00 Å². The third-order valence-corrected chi connectivity index (χ3v) is 6.85. The van der Waals surface area contributed by atoms with E-state index >= 15 is 0 Å². The number of morpholine rings is 1. The normalized spacial score (nSPS) is 15.8. The number of nitro groups is 1. The van der Waals surface area contributed by atoms with Crippen LogP contribution in [-0.4, -0.2) is 43.9 Å². The van der Waals surface area contributed by atoms with Crippen LogP contribution in [0.2, 0.25) is 0 Å². The average Bonchev–Trinajstić information content (AvgIpc) is 3.12. The zero-order valence-corrected chi connectivity index (χ0v) is 15.6. The lowest BCUT2D eigenvalue weighted by Gasteiger charge is -2.26. The number of benzene rings is 1. The minimum absolute atomic E-state index is 0.125. The lowest BCUT2D eigenvalue weighted by Crippen LogP contribution is -2.40. The zero-order chi connectivity index (χ0) is 18.6. The third-order valence-electron chi connectivity index (χ3n) is 4.01. The standard InChI is InChI=1S/C16H19N3O5S2/c20-19(21)16-9-14(12-25-16)11-17-10-13-1-3-15(4-2-13)26(22,23)18-5-7-24-8-6-18/h1-4,9,12,17H,5-8,10-11H2. The Balaban J connectivity index is 1.56. The summed E-state index contributed by atoms with van der Waals surface area (Å²) >= 11 is 1.10. The Morgan fingerprint density at radius 3 is 2.42 bits per heavy atom. The molecule has 1 saturated heterocycles. The van der Waals surface area contributed by atoms with Gasteiger partial charge in [0.05, 0.1) is 23.0 Å². The molecule has 0 amide bonds. The Morgan fingerprint density at radius 1 is 1.15 bits per heavy atom. The van der Waals surface area contributed by atoms with E-state index in [-0.39, 0.29) is 9.90 Å². The van der Waals surface area contributed by atoms with E-state index in [0.29, 0.717) is 39.4 Å². The summed E-state index contributed by atoms with van der Waals surface area (Å²) in [5.74, 6) is 0. The summed E-state index contributed by atoms with van der Waals surface area (Å²) in [6.07, 6.45) is 0. The molecule has 0 bridgehead atoms. The maximum absolute atomic E-state index is 12.6. The number of nitrogens with zero attached hydrogens (tertiary/aromatic N) is 2. The van der Waals surface area contributed by atoms with Crippen molar-refractivity contribution in [2.45, 2.75) is 18.0 Å². The van der Waals surface area contributed by atoms with Gasteiger partial charge in [-0.2, -0.15) is 4.31 Å². The van der Waals surface area contributed by atoms with Crippen molar-refractivity contribution in [3.8, 4) is 0 Å². The molecule has 2 aromatic rings. The topological polar surface area (TPSA) is 102 Å². The number of thiophene rings is 1. The van der Waals surface area contributed by atoms with Crippen molar-refractivity contribution in [3.05, 3.63) is 57.0 Å². The Kier molecular flexibility index (Phi) is 5.99. The fourth-order valence-electron chi connectivity index (χ4n) is 2.62. The first kappa shape index (κ1) is 18.9. The Hall–Kier alpha value is -1.85. The van der Waals surface area contributed by atoms with Gasteiger partial charge in [0.15, 0.2) is 0 Å². The summed E-state index contributed by atoms with van der Waals surface area (Å²) in [4.78, 5) is 10.5. The number of ether oxygens (including phenoxy) is 1. The van der Waals surface area contributed by atoms with Crippen molar-refractivity contribution in [2.24, 2.45) is 0 Å². The quantitative estimate of drug-likeness (QED) is 0.566. The summed E-state index contributed by atoms with van der Waals surface area (Å²) in [6.45, 7) is 2.64. The SMILES string of the molecule is O=[N+]([O-])c1cc(CNCc2ccc(S(=O)(=O)N3CCOCC3)cc2)cs1. The highest BCUT2D eigenvalue weighted by atomic mass is 32.2. The van der Waals surface area contributed by atoms with Crippen molar-refractivity contribution in [1.29, 1.82) is 0 Å². The molecule has 26 heavy (non-hydrogen) atoms. The molecule has 0 radical (unpaired) electrons. The number of hydrogen-bond acceptors (Lipinski definition) is 7. The maximum Gasteiger partial charge on any atom is 0.324 e. The van der Waals surface area contributed by atoms with E-state index in [0.717, 1.165) is 22.5 Å². The van der Waals surface area contributed by atoms with Gasteiger partial charge in [0, 0.05) is 37.6 Å². The van der Waals surface area contributed by atoms with Gasteiger partial charge < -0.3 is 10.1 Å². The molecule has 10 heteroatoms. The Bertz CT molecular complexity index is 858. The van der Waals surface area contributed by atoms with Crippen LogP contribution in [0.15, 0.2) is 40.6 Å². The molecule has 0 saturated carbocycles. The second-order valence-corrected chi connectivity index (χ2v) is 8.64. The van der Waals surface area contributed by atoms with E-state index in [2.05, 4.69) is 5.32 Å². The molecule has 1 aromatic heterocycles. The van der Waals surface area contributed by atoms with Crippen molar-refractivity contribution in [3.63, 3.8) is 0 Å². The van der Waals surface area contributed by atoms with Crippen LogP contribution in [-0.2, 0) is 27.8 Å². The van der Waals surface area contributed by atoms with E-state index in [1.807, 2.05) is 0 Å². The largest absolute Gasteiger partial charge is 0.379 e. The highest BCUT2D eigenvalue weighted by Crippen LogP contribution is 2.22. The minimum Gasteiger partial charge on any atom is -0.379 e. The van der Waals surface area contributed by atoms with Crippen LogP contribution < -0.4 is 5.32 Å². The monoisotopic (exact) mass is 397 g/mol. The van der Waals surface area contributed by atoms with Crippen LogP contribution >= 0.6 is 11.3 Å². The summed E-state index contributed by atoms with van der Waals surface area (Å²) < 4.78 is 31.7. The first-order chi connectivity index (χ1) is 12.5. The van der Waals surface area contributed by atoms with Crippen LogP contribution in [0.4, 0.5) is 5.00 Å². The number of sulfonamides is 1. The first-order valence-electron chi connectivity index (χ1n) is 8.06. The fraction of sp³-hybridized carbons (Fsp3) is 0.375. The van der Waals surface area contributed by atoms with Gasteiger partial charge in [0.25, 0.3) is 0 Å². The van der Waals surface area contributed by atoms with Crippen LogP contribution in [0.1, 0.15) is 11.1 Å². The summed E-state index contributed by atoms with van der Waals surface area (Å²) in [7, 11) is -3.48. The van der Waals surface area contributed by atoms with Gasteiger partial charge in [-0.1, -0.05) is 23.5 Å². The molecule has 8 nitrogen and oxygen atoms in total. The van der Waals surface area contributed by atoms with E-state index in [9.17, 15) is 18.5 Å². The van der Waals surface area contributed by atoms with Crippen molar-refractivity contribution < 1.29 is 18.1 Å². The van der Waals surface area contributed by atoms with E-state index < -0.39 is 14.9 Å². The average molecular weight is 397 g/mol. The van der Waals surface area contributed by atoms with E-state index in [4.69, 9.17) is 4.74 Å².